The molecule has 14 aromatic carbocycles. The van der Waals surface area contributed by atoms with E-state index in [4.69, 9.17) is 0 Å². The molecule has 4 nitrogen and oxygen atoms in total. The lowest BCUT2D eigenvalue weighted by Crippen LogP contribution is -2.61. The molecule has 510 valence electrons. The van der Waals surface area contributed by atoms with Gasteiger partial charge in [0.2, 0.25) is 0 Å². The lowest BCUT2D eigenvalue weighted by molar-refractivity contribution is 1.17. The van der Waals surface area contributed by atoms with Crippen molar-refractivity contribution in [1.82, 2.24) is 9.13 Å². The van der Waals surface area contributed by atoms with E-state index < -0.39 is 32.3 Å². The van der Waals surface area contributed by atoms with Crippen molar-refractivity contribution in [2.24, 2.45) is 0 Å². The summed E-state index contributed by atoms with van der Waals surface area (Å²) in [6.45, 7) is 29.5. The molecule has 0 radical (unpaired) electrons. The van der Waals surface area contributed by atoms with E-state index in [0.717, 1.165) is 101 Å². The Balaban J connectivity index is 1.01. The largest absolute Gasteiger partial charge is 0.310 e. The van der Waals surface area contributed by atoms with Crippen molar-refractivity contribution in [3.8, 4) is 67.0 Å². The Morgan fingerprint density at radius 2 is 0.505 bits per heavy atom. The van der Waals surface area contributed by atoms with E-state index in [1.165, 1.54) is 80.7 Å². The Morgan fingerprint density at radius 3 is 0.781 bits per heavy atom. The molecule has 0 saturated heterocycles. The van der Waals surface area contributed by atoms with Crippen molar-refractivity contribution in [3.63, 3.8) is 0 Å². The highest BCUT2D eigenvalue weighted by molar-refractivity contribution is 7.00. The molecule has 4 heterocycles. The van der Waals surface area contributed by atoms with Crippen molar-refractivity contribution >= 4 is 154 Å². The number of rotatable bonds is 13. The highest BCUT2D eigenvalue weighted by Crippen LogP contribution is 2.54. The maximum Gasteiger partial charge on any atom is 0.252 e. The fourth-order valence-electron chi connectivity index (χ4n) is 17.0. The molecule has 0 bridgehead atoms. The molecule has 0 saturated carbocycles. The fourth-order valence-corrected chi connectivity index (χ4v) is 21.6. The summed E-state index contributed by atoms with van der Waals surface area (Å²) in [5, 5.41) is 11.2. The van der Waals surface area contributed by atoms with Crippen molar-refractivity contribution in [2.45, 2.75) is 78.6 Å². The molecule has 0 atom stereocenters. The van der Waals surface area contributed by atoms with Gasteiger partial charge in [-0.1, -0.05) is 348 Å². The van der Waals surface area contributed by atoms with Gasteiger partial charge in [0, 0.05) is 77.9 Å². The number of anilines is 6. The van der Waals surface area contributed by atoms with Gasteiger partial charge in [0.15, 0.2) is 0 Å². The van der Waals surface area contributed by atoms with E-state index in [2.05, 4.69) is 407 Å². The van der Waals surface area contributed by atoms with Crippen LogP contribution in [0.3, 0.4) is 0 Å². The molecule has 0 fully saturated rings. The number of nitrogens with zero attached hydrogens (tertiary/aromatic N) is 4. The molecule has 18 rings (SSSR count). The maximum atomic E-state index is 2.71. The standard InChI is InChI=1S/C96H87BN4Si4/c1-102(2,3)72-46-52-86-80(60-72)81-61-73(103(4,5)6)47-53-87(81)98(86)70-44-50-84-90(58-70)100(95-76(65-32-20-14-21-33-65)40-28-41-77(95)66-34-22-15-23-35-66)92-56-69(64-30-18-13-19-31-64)57-93-94(92)97(84)85-51-45-71(99-88-54-48-74(104(7,8)9)62-82(88)83-63-75(105(10,11)12)49-55-89(83)99)59-91(85)101(93)96-78(67-36-24-16-25-37-67)42-29-43-79(96)68-38-26-17-27-39-68/h13-63H,1-12H3. The van der Waals surface area contributed by atoms with Gasteiger partial charge in [0.25, 0.3) is 6.71 Å². The van der Waals surface area contributed by atoms with Gasteiger partial charge in [-0.2, -0.15) is 0 Å². The molecule has 2 aliphatic rings. The number of aromatic nitrogens is 2. The highest BCUT2D eigenvalue weighted by Gasteiger charge is 2.46. The topological polar surface area (TPSA) is 16.3 Å². The van der Waals surface area contributed by atoms with Crippen molar-refractivity contribution in [3.05, 3.63) is 309 Å². The quantitative estimate of drug-likeness (QED) is 0.107. The Hall–Kier alpha value is -10.8. The van der Waals surface area contributed by atoms with E-state index in [1.54, 1.807) is 0 Å². The van der Waals surface area contributed by atoms with E-state index in [-0.39, 0.29) is 6.71 Å². The lowest BCUT2D eigenvalue weighted by atomic mass is 9.33. The highest BCUT2D eigenvalue weighted by atomic mass is 28.3. The van der Waals surface area contributed by atoms with Crippen LogP contribution in [0.4, 0.5) is 34.1 Å². The van der Waals surface area contributed by atoms with Gasteiger partial charge in [-0.3, -0.25) is 0 Å². The molecule has 2 aromatic heterocycles. The number of para-hydroxylation sites is 2. The molecule has 2 aliphatic heterocycles. The van der Waals surface area contributed by atoms with Gasteiger partial charge >= 0.3 is 0 Å². The second-order valence-electron chi connectivity index (χ2n) is 33.4. The number of benzene rings is 14. The van der Waals surface area contributed by atoms with E-state index in [1.807, 2.05) is 0 Å². The van der Waals surface area contributed by atoms with Gasteiger partial charge in [-0.25, -0.2) is 0 Å². The average Bonchev–Trinajstić information content (AvgIpc) is 1.14. The zero-order chi connectivity index (χ0) is 72.0. The third-order valence-electron chi connectivity index (χ3n) is 22.5. The van der Waals surface area contributed by atoms with Crippen molar-refractivity contribution in [2.75, 3.05) is 9.80 Å². The first-order chi connectivity index (χ1) is 50.6. The van der Waals surface area contributed by atoms with Gasteiger partial charge in [-0.05, 0) is 110 Å². The molecule has 0 aliphatic carbocycles. The monoisotopic (exact) mass is 1420 g/mol. The molecule has 16 aromatic rings. The van der Waals surface area contributed by atoms with Gasteiger partial charge in [0.05, 0.1) is 65.7 Å². The Labute approximate surface area is 623 Å². The molecule has 9 heteroatoms. The van der Waals surface area contributed by atoms with Crippen molar-refractivity contribution in [1.29, 1.82) is 0 Å². The maximum absolute atomic E-state index is 2.71. The summed E-state index contributed by atoms with van der Waals surface area (Å²) >= 11 is 0. The predicted molar refractivity (Wildman–Crippen MR) is 468 cm³/mol. The zero-order valence-corrected chi connectivity index (χ0v) is 66.3. The summed E-state index contributed by atoms with van der Waals surface area (Å²) < 4.78 is 5.18. The number of fused-ring (bicyclic) bond motifs is 10. The van der Waals surface area contributed by atoms with Crippen LogP contribution in [0.25, 0.3) is 111 Å². The summed E-state index contributed by atoms with van der Waals surface area (Å²) in [5.41, 5.74) is 29.2. The molecule has 105 heavy (non-hydrogen) atoms. The minimum Gasteiger partial charge on any atom is -0.310 e. The predicted octanol–water partition coefficient (Wildman–Crippen LogP) is 22.5. The van der Waals surface area contributed by atoms with Gasteiger partial charge in [-0.15, -0.1) is 0 Å². The van der Waals surface area contributed by atoms with Crippen LogP contribution in [0.15, 0.2) is 309 Å². The minimum absolute atomic E-state index is 0.234. The van der Waals surface area contributed by atoms with Crippen LogP contribution < -0.4 is 46.9 Å². The Bertz CT molecular complexity index is 5530. The van der Waals surface area contributed by atoms with Gasteiger partial charge in [0.1, 0.15) is 0 Å². The van der Waals surface area contributed by atoms with Gasteiger partial charge < -0.3 is 18.9 Å². The van der Waals surface area contributed by atoms with Crippen LogP contribution in [-0.4, -0.2) is 48.1 Å². The SMILES string of the molecule is C[Si](C)(C)c1ccc2c(c1)c1cc([Si](C)(C)C)ccc1n2-c1ccc2c(c1)N(c1c(-c3ccccc3)cccc1-c1ccccc1)c1cc(-c3ccccc3)cc3c1B2c1ccc(-n2c4ccc([Si](C)(C)C)cc4c4cc([Si](C)(C)C)ccc42)cc1N3c1c(-c2ccccc2)cccc1-c1ccccc1. The van der Waals surface area contributed by atoms with Crippen LogP contribution in [0.1, 0.15) is 0 Å². The summed E-state index contributed by atoms with van der Waals surface area (Å²) in [7, 11) is -6.93. The van der Waals surface area contributed by atoms with Crippen LogP contribution >= 0.6 is 0 Å². The van der Waals surface area contributed by atoms with Crippen LogP contribution in [0, 0.1) is 0 Å². The summed E-state index contributed by atoms with van der Waals surface area (Å²) in [4.78, 5) is 5.43. The Morgan fingerprint density at radius 1 is 0.229 bits per heavy atom. The van der Waals surface area contributed by atoms with Crippen LogP contribution in [0.5, 0.6) is 0 Å². The molecule has 0 N–H and O–H groups in total. The normalized spacial score (nSPS) is 13.1. The lowest BCUT2D eigenvalue weighted by Gasteiger charge is -2.46. The fraction of sp³-hybridized carbons (Fsp3) is 0.125. The first-order valence-corrected chi connectivity index (χ1v) is 51.4. The van der Waals surface area contributed by atoms with Crippen LogP contribution in [-0.2, 0) is 0 Å². The second-order valence-corrected chi connectivity index (χ2v) is 53.7. The first kappa shape index (κ1) is 66.2. The van der Waals surface area contributed by atoms with Crippen LogP contribution in [0.2, 0.25) is 78.6 Å². The first-order valence-electron chi connectivity index (χ1n) is 37.4. The number of hydrogen-bond acceptors (Lipinski definition) is 2. The summed E-state index contributed by atoms with van der Waals surface area (Å²) in [5.74, 6) is 0. The Kier molecular flexibility index (Phi) is 15.7. The minimum atomic E-state index is -1.73. The average molecular weight is 1420 g/mol. The smallest absolute Gasteiger partial charge is 0.252 e. The molecule has 0 spiro atoms. The summed E-state index contributed by atoms with van der Waals surface area (Å²) in [6, 6.07) is 120. The molecule has 0 amide bonds. The molecular formula is C96H87BN4Si4. The zero-order valence-electron chi connectivity index (χ0n) is 62.3. The van der Waals surface area contributed by atoms with E-state index in [0.29, 0.717) is 0 Å². The van der Waals surface area contributed by atoms with E-state index >= 15 is 0 Å². The third-order valence-corrected chi connectivity index (χ3v) is 30.7. The second kappa shape index (κ2) is 25.0. The number of hydrogen-bond donors (Lipinski definition) is 0. The summed E-state index contributed by atoms with van der Waals surface area (Å²) in [6.07, 6.45) is 0. The molecular weight excluding hydrogens is 1330 g/mol. The van der Waals surface area contributed by atoms with Crippen molar-refractivity contribution < 1.29 is 0 Å². The van der Waals surface area contributed by atoms with E-state index in [9.17, 15) is 0 Å². The third kappa shape index (κ3) is 11.2. The molecule has 0 unspecified atom stereocenters.